The van der Waals surface area contributed by atoms with Gasteiger partial charge in [-0.25, -0.2) is 0 Å². The number of nitrogens with one attached hydrogen (secondary N) is 1. The van der Waals surface area contributed by atoms with Crippen LogP contribution in [0, 0.1) is 6.92 Å². The van der Waals surface area contributed by atoms with E-state index >= 15 is 0 Å². The number of hydrogen-bond acceptors (Lipinski definition) is 2. The normalized spacial score (nSPS) is 24.7. The van der Waals surface area contributed by atoms with E-state index in [0.29, 0.717) is 5.92 Å². The molecule has 0 spiro atoms. The van der Waals surface area contributed by atoms with Crippen LogP contribution in [0.3, 0.4) is 0 Å². The van der Waals surface area contributed by atoms with Gasteiger partial charge in [-0.05, 0) is 24.0 Å². The van der Waals surface area contributed by atoms with Crippen LogP contribution in [0.15, 0.2) is 18.2 Å². The molecule has 0 bridgehead atoms. The highest BCUT2D eigenvalue weighted by Gasteiger charge is 2.28. The van der Waals surface area contributed by atoms with Crippen LogP contribution in [-0.2, 0) is 4.79 Å². The first kappa shape index (κ1) is 10.2. The number of rotatable bonds is 1. The van der Waals surface area contributed by atoms with E-state index in [-0.39, 0.29) is 0 Å². The molecule has 0 aromatic heterocycles. The van der Waals surface area contributed by atoms with E-state index in [1.807, 2.05) is 19.1 Å². The van der Waals surface area contributed by atoms with E-state index in [2.05, 4.69) is 18.3 Å². The van der Waals surface area contributed by atoms with Crippen LogP contribution < -0.4 is 5.32 Å². The first-order valence-corrected chi connectivity index (χ1v) is 5.16. The zero-order valence-corrected chi connectivity index (χ0v) is 8.95. The average Bonchev–Trinajstić information content (AvgIpc) is 2.19. The molecule has 0 radical (unpaired) electrons. The molecular weight excluding hydrogens is 190 g/mol. The standard InChI is InChI=1S/C12H15NO2/c1-7-3-4-9-10(5-7)8(2)6-13-11(9)12(14)15/h3-5,8,11,13H,6H2,1-2H3,(H,14,15)/t8-,11-/m0/s1. The average molecular weight is 205 g/mol. The van der Waals surface area contributed by atoms with Gasteiger partial charge in [-0.2, -0.15) is 0 Å². The highest BCUT2D eigenvalue weighted by molar-refractivity contribution is 5.76. The fourth-order valence-corrected chi connectivity index (χ4v) is 2.12. The molecule has 0 unspecified atom stereocenters. The maximum absolute atomic E-state index is 11.0. The van der Waals surface area contributed by atoms with Crippen molar-refractivity contribution in [2.24, 2.45) is 0 Å². The number of carboxylic acid groups (broad SMARTS) is 1. The molecule has 1 aliphatic rings. The van der Waals surface area contributed by atoms with Crippen molar-refractivity contribution in [1.29, 1.82) is 0 Å². The lowest BCUT2D eigenvalue weighted by molar-refractivity contribution is -0.139. The predicted octanol–water partition coefficient (Wildman–Crippen LogP) is 1.83. The van der Waals surface area contributed by atoms with Gasteiger partial charge in [0.25, 0.3) is 0 Å². The molecule has 3 nitrogen and oxygen atoms in total. The molecular formula is C12H15NO2. The second-order valence-corrected chi connectivity index (χ2v) is 4.21. The van der Waals surface area contributed by atoms with Gasteiger partial charge in [0.2, 0.25) is 0 Å². The summed E-state index contributed by atoms with van der Waals surface area (Å²) in [7, 11) is 0. The van der Waals surface area contributed by atoms with Crippen LogP contribution in [0.2, 0.25) is 0 Å². The van der Waals surface area contributed by atoms with E-state index in [9.17, 15) is 4.79 Å². The van der Waals surface area contributed by atoms with Crippen LogP contribution in [-0.4, -0.2) is 17.6 Å². The first-order valence-electron chi connectivity index (χ1n) is 5.16. The number of hydrogen-bond donors (Lipinski definition) is 2. The molecule has 0 fully saturated rings. The van der Waals surface area contributed by atoms with E-state index in [1.54, 1.807) is 0 Å². The van der Waals surface area contributed by atoms with Crippen molar-refractivity contribution in [3.8, 4) is 0 Å². The van der Waals surface area contributed by atoms with E-state index < -0.39 is 12.0 Å². The van der Waals surface area contributed by atoms with Gasteiger partial charge in [-0.15, -0.1) is 0 Å². The van der Waals surface area contributed by atoms with Crippen LogP contribution in [0.25, 0.3) is 0 Å². The predicted molar refractivity (Wildman–Crippen MR) is 58.0 cm³/mol. The smallest absolute Gasteiger partial charge is 0.325 e. The second kappa shape index (κ2) is 3.66. The lowest BCUT2D eigenvalue weighted by Crippen LogP contribution is -2.36. The molecule has 0 saturated carbocycles. The monoisotopic (exact) mass is 205 g/mol. The zero-order valence-electron chi connectivity index (χ0n) is 8.95. The van der Waals surface area contributed by atoms with Gasteiger partial charge in [-0.1, -0.05) is 30.7 Å². The van der Waals surface area contributed by atoms with Gasteiger partial charge in [0.1, 0.15) is 6.04 Å². The largest absolute Gasteiger partial charge is 0.480 e. The Bertz CT molecular complexity index is 401. The minimum Gasteiger partial charge on any atom is -0.480 e. The van der Waals surface area contributed by atoms with Gasteiger partial charge in [0.15, 0.2) is 0 Å². The van der Waals surface area contributed by atoms with Gasteiger partial charge >= 0.3 is 5.97 Å². The SMILES string of the molecule is Cc1ccc2c(c1)[C@@H](C)CN[C@@H]2C(=O)O. The summed E-state index contributed by atoms with van der Waals surface area (Å²) in [5.41, 5.74) is 3.26. The molecule has 0 amide bonds. The summed E-state index contributed by atoms with van der Waals surface area (Å²) in [6.07, 6.45) is 0. The molecule has 80 valence electrons. The van der Waals surface area contributed by atoms with Crippen molar-refractivity contribution >= 4 is 5.97 Å². The number of carbonyl (C=O) groups is 1. The maximum atomic E-state index is 11.0. The number of aryl methyl sites for hydroxylation is 1. The number of fused-ring (bicyclic) bond motifs is 1. The molecule has 2 N–H and O–H groups in total. The van der Waals surface area contributed by atoms with Crippen molar-refractivity contribution < 1.29 is 9.90 Å². The Kier molecular flexibility index (Phi) is 2.49. The Morgan fingerprint density at radius 2 is 2.20 bits per heavy atom. The topological polar surface area (TPSA) is 49.3 Å². The molecule has 1 aliphatic heterocycles. The van der Waals surface area contributed by atoms with Crippen LogP contribution in [0.5, 0.6) is 0 Å². The highest BCUT2D eigenvalue weighted by atomic mass is 16.4. The van der Waals surface area contributed by atoms with Gasteiger partial charge in [0.05, 0.1) is 0 Å². The molecule has 0 aliphatic carbocycles. The Balaban J connectivity index is 2.50. The molecule has 1 aromatic rings. The Labute approximate surface area is 89.1 Å². The number of aliphatic carboxylic acids is 1. The summed E-state index contributed by atoms with van der Waals surface area (Å²) in [5, 5.41) is 12.1. The molecule has 15 heavy (non-hydrogen) atoms. The molecule has 2 rings (SSSR count). The van der Waals surface area contributed by atoms with E-state index in [1.165, 1.54) is 11.1 Å². The van der Waals surface area contributed by atoms with Crippen LogP contribution in [0.1, 0.15) is 35.6 Å². The lowest BCUT2D eigenvalue weighted by Gasteiger charge is -2.28. The fourth-order valence-electron chi connectivity index (χ4n) is 2.12. The van der Waals surface area contributed by atoms with Crippen molar-refractivity contribution in [1.82, 2.24) is 5.32 Å². The minimum absolute atomic E-state index is 0.385. The molecule has 1 heterocycles. The Hall–Kier alpha value is -1.35. The van der Waals surface area contributed by atoms with Gasteiger partial charge in [-0.3, -0.25) is 4.79 Å². The third-order valence-electron chi connectivity index (χ3n) is 2.96. The number of carboxylic acids is 1. The molecule has 2 atom stereocenters. The molecule has 0 saturated heterocycles. The zero-order chi connectivity index (χ0) is 11.0. The highest BCUT2D eigenvalue weighted by Crippen LogP contribution is 2.30. The molecule has 1 aromatic carbocycles. The number of benzene rings is 1. The summed E-state index contributed by atoms with van der Waals surface area (Å²) in [6.45, 7) is 4.88. The maximum Gasteiger partial charge on any atom is 0.325 e. The third kappa shape index (κ3) is 1.75. The van der Waals surface area contributed by atoms with Crippen LogP contribution in [0.4, 0.5) is 0 Å². The third-order valence-corrected chi connectivity index (χ3v) is 2.96. The summed E-state index contributed by atoms with van der Waals surface area (Å²) in [6, 6.07) is 5.44. The Morgan fingerprint density at radius 3 is 2.87 bits per heavy atom. The fraction of sp³-hybridized carbons (Fsp3) is 0.417. The summed E-state index contributed by atoms with van der Waals surface area (Å²) in [5.74, 6) is -0.414. The van der Waals surface area contributed by atoms with Crippen LogP contribution >= 0.6 is 0 Å². The van der Waals surface area contributed by atoms with Crippen molar-refractivity contribution in [2.75, 3.05) is 6.54 Å². The Morgan fingerprint density at radius 1 is 1.47 bits per heavy atom. The minimum atomic E-state index is -0.799. The summed E-state index contributed by atoms with van der Waals surface area (Å²) in [4.78, 5) is 11.0. The van der Waals surface area contributed by atoms with Crippen molar-refractivity contribution in [2.45, 2.75) is 25.8 Å². The van der Waals surface area contributed by atoms with E-state index in [4.69, 9.17) is 5.11 Å². The lowest BCUT2D eigenvalue weighted by atomic mass is 9.86. The van der Waals surface area contributed by atoms with E-state index in [0.717, 1.165) is 12.1 Å². The first-order chi connectivity index (χ1) is 7.09. The van der Waals surface area contributed by atoms with Gasteiger partial charge in [0, 0.05) is 6.54 Å². The summed E-state index contributed by atoms with van der Waals surface area (Å²) < 4.78 is 0. The van der Waals surface area contributed by atoms with Crippen molar-refractivity contribution in [3.63, 3.8) is 0 Å². The quantitative estimate of drug-likeness (QED) is 0.735. The summed E-state index contributed by atoms with van der Waals surface area (Å²) >= 11 is 0. The van der Waals surface area contributed by atoms with Crippen molar-refractivity contribution in [3.05, 3.63) is 34.9 Å². The second-order valence-electron chi connectivity index (χ2n) is 4.21. The van der Waals surface area contributed by atoms with Gasteiger partial charge < -0.3 is 10.4 Å². The molecule has 3 heteroatoms.